The average molecular weight is 390 g/mol. The van der Waals surface area contributed by atoms with Crippen LogP contribution < -0.4 is 10.6 Å². The molecule has 2 amide bonds. The molecule has 0 unspecified atom stereocenters. The van der Waals surface area contributed by atoms with Crippen molar-refractivity contribution < 1.29 is 19.1 Å². The minimum atomic E-state index is -0.678. The molecular formula is C23H22N2O4. The van der Waals surface area contributed by atoms with Crippen molar-refractivity contribution in [3.63, 3.8) is 0 Å². The molecule has 0 aliphatic rings. The number of fused-ring (bicyclic) bond motifs is 1. The third kappa shape index (κ3) is 5.42. The first-order valence-corrected chi connectivity index (χ1v) is 9.30. The Morgan fingerprint density at radius 1 is 0.897 bits per heavy atom. The van der Waals surface area contributed by atoms with Crippen LogP contribution in [0, 0.1) is 0 Å². The quantitative estimate of drug-likeness (QED) is 0.608. The van der Waals surface area contributed by atoms with Crippen LogP contribution in [-0.2, 0) is 14.3 Å². The first-order valence-electron chi connectivity index (χ1n) is 9.30. The highest BCUT2D eigenvalue weighted by Gasteiger charge is 2.14. The number of rotatable bonds is 7. The molecule has 0 aromatic heterocycles. The summed E-state index contributed by atoms with van der Waals surface area (Å²) in [6.45, 7) is 1.16. The number of esters is 1. The van der Waals surface area contributed by atoms with Gasteiger partial charge in [0.15, 0.2) is 6.61 Å². The summed E-state index contributed by atoms with van der Waals surface area (Å²) in [6.07, 6.45) is 0. The Morgan fingerprint density at radius 2 is 1.59 bits per heavy atom. The van der Waals surface area contributed by atoms with Crippen LogP contribution in [0.5, 0.6) is 0 Å². The van der Waals surface area contributed by atoms with E-state index in [0.717, 1.165) is 16.3 Å². The predicted molar refractivity (Wildman–Crippen MR) is 110 cm³/mol. The fourth-order valence-corrected chi connectivity index (χ4v) is 3.03. The Morgan fingerprint density at radius 3 is 2.38 bits per heavy atom. The third-order valence-electron chi connectivity index (χ3n) is 4.46. The van der Waals surface area contributed by atoms with E-state index in [0.29, 0.717) is 5.56 Å². The van der Waals surface area contributed by atoms with Gasteiger partial charge in [-0.1, -0.05) is 60.7 Å². The van der Waals surface area contributed by atoms with Crippen molar-refractivity contribution in [2.24, 2.45) is 0 Å². The second-order valence-electron chi connectivity index (χ2n) is 6.57. The second-order valence-corrected chi connectivity index (χ2v) is 6.57. The maximum absolute atomic E-state index is 12.2. The summed E-state index contributed by atoms with van der Waals surface area (Å²) in [5.74, 6) is -1.47. The molecule has 3 aromatic rings. The van der Waals surface area contributed by atoms with Gasteiger partial charge in [-0.3, -0.25) is 14.4 Å². The van der Waals surface area contributed by atoms with Crippen LogP contribution in [0.3, 0.4) is 0 Å². The van der Waals surface area contributed by atoms with E-state index in [9.17, 15) is 14.4 Å². The summed E-state index contributed by atoms with van der Waals surface area (Å²) in [6, 6.07) is 22.1. The molecule has 0 heterocycles. The zero-order valence-corrected chi connectivity index (χ0v) is 16.1. The first kappa shape index (κ1) is 20.1. The summed E-state index contributed by atoms with van der Waals surface area (Å²) in [7, 11) is 0. The number of hydrogen-bond acceptors (Lipinski definition) is 4. The van der Waals surface area contributed by atoms with Crippen molar-refractivity contribution in [2.45, 2.75) is 13.0 Å². The van der Waals surface area contributed by atoms with Gasteiger partial charge in [0, 0.05) is 5.56 Å². The van der Waals surface area contributed by atoms with Crippen LogP contribution in [0.2, 0.25) is 0 Å². The number of carbonyl (C=O) groups is 3. The lowest BCUT2D eigenvalue weighted by atomic mass is 10.00. The molecule has 0 radical (unpaired) electrons. The standard InChI is InChI=1S/C23H22N2O4/c1-16(19-13-7-11-17-8-5-6-12-20(17)19)25-21(26)15-29-22(27)14-24-23(28)18-9-3-2-4-10-18/h2-13,16H,14-15H2,1H3,(H,24,28)(H,25,26)/t16-/m0/s1. The zero-order chi connectivity index (χ0) is 20.6. The van der Waals surface area contributed by atoms with Crippen LogP contribution in [0.25, 0.3) is 10.8 Å². The predicted octanol–water partition coefficient (Wildman–Crippen LogP) is 2.99. The molecule has 1 atom stereocenters. The molecular weight excluding hydrogens is 368 g/mol. The van der Waals surface area contributed by atoms with Gasteiger partial charge in [0.1, 0.15) is 6.54 Å². The lowest BCUT2D eigenvalue weighted by Crippen LogP contribution is -2.34. The minimum Gasteiger partial charge on any atom is -0.454 e. The lowest BCUT2D eigenvalue weighted by Gasteiger charge is -2.16. The Bertz CT molecular complexity index is 1010. The number of amides is 2. The fourth-order valence-electron chi connectivity index (χ4n) is 3.03. The highest BCUT2D eigenvalue weighted by atomic mass is 16.5. The maximum atomic E-state index is 12.2. The molecule has 0 spiro atoms. The zero-order valence-electron chi connectivity index (χ0n) is 16.1. The van der Waals surface area contributed by atoms with E-state index in [1.165, 1.54) is 0 Å². The van der Waals surface area contributed by atoms with Gasteiger partial charge in [-0.05, 0) is 35.4 Å². The summed E-state index contributed by atoms with van der Waals surface area (Å²) >= 11 is 0. The highest BCUT2D eigenvalue weighted by molar-refractivity contribution is 5.96. The Balaban J connectivity index is 1.46. The van der Waals surface area contributed by atoms with Crippen LogP contribution in [-0.4, -0.2) is 30.9 Å². The van der Waals surface area contributed by atoms with Gasteiger partial charge in [0.05, 0.1) is 6.04 Å². The molecule has 3 rings (SSSR count). The van der Waals surface area contributed by atoms with Gasteiger partial charge in [-0.25, -0.2) is 0 Å². The molecule has 0 bridgehead atoms. The summed E-state index contributed by atoms with van der Waals surface area (Å²) < 4.78 is 4.95. The molecule has 148 valence electrons. The lowest BCUT2D eigenvalue weighted by molar-refractivity contribution is -0.147. The van der Waals surface area contributed by atoms with Gasteiger partial charge >= 0.3 is 5.97 Å². The highest BCUT2D eigenvalue weighted by Crippen LogP contribution is 2.23. The van der Waals surface area contributed by atoms with Crippen LogP contribution in [0.4, 0.5) is 0 Å². The summed E-state index contributed by atoms with van der Waals surface area (Å²) in [5.41, 5.74) is 1.43. The van der Waals surface area contributed by atoms with E-state index in [2.05, 4.69) is 10.6 Å². The third-order valence-corrected chi connectivity index (χ3v) is 4.46. The summed E-state index contributed by atoms with van der Waals surface area (Å²) in [4.78, 5) is 35.8. The van der Waals surface area contributed by atoms with E-state index in [-0.39, 0.29) is 18.5 Å². The van der Waals surface area contributed by atoms with Crippen LogP contribution >= 0.6 is 0 Å². The van der Waals surface area contributed by atoms with E-state index in [4.69, 9.17) is 4.74 Å². The number of benzene rings is 3. The molecule has 29 heavy (non-hydrogen) atoms. The Labute approximate surface area is 168 Å². The van der Waals surface area contributed by atoms with E-state index >= 15 is 0 Å². The van der Waals surface area contributed by atoms with Crippen molar-refractivity contribution in [1.82, 2.24) is 10.6 Å². The van der Waals surface area contributed by atoms with Gasteiger partial charge in [-0.15, -0.1) is 0 Å². The number of nitrogens with one attached hydrogen (secondary N) is 2. The van der Waals surface area contributed by atoms with Crippen molar-refractivity contribution in [1.29, 1.82) is 0 Å². The number of hydrogen-bond donors (Lipinski definition) is 2. The van der Waals surface area contributed by atoms with Crippen molar-refractivity contribution in [2.75, 3.05) is 13.2 Å². The number of carbonyl (C=O) groups excluding carboxylic acids is 3. The molecule has 0 aliphatic carbocycles. The average Bonchev–Trinajstić information content (AvgIpc) is 2.76. The van der Waals surface area contributed by atoms with Gasteiger partial charge < -0.3 is 15.4 Å². The monoisotopic (exact) mass is 390 g/mol. The molecule has 3 aromatic carbocycles. The van der Waals surface area contributed by atoms with Gasteiger partial charge in [-0.2, -0.15) is 0 Å². The van der Waals surface area contributed by atoms with Crippen LogP contribution in [0.1, 0.15) is 28.9 Å². The summed E-state index contributed by atoms with van der Waals surface area (Å²) in [5, 5.41) is 7.44. The Hall–Kier alpha value is -3.67. The maximum Gasteiger partial charge on any atom is 0.325 e. The topological polar surface area (TPSA) is 84.5 Å². The van der Waals surface area contributed by atoms with Crippen molar-refractivity contribution >= 4 is 28.6 Å². The largest absolute Gasteiger partial charge is 0.454 e. The molecule has 6 nitrogen and oxygen atoms in total. The number of ether oxygens (including phenoxy) is 1. The van der Waals surface area contributed by atoms with Gasteiger partial charge in [0.2, 0.25) is 0 Å². The van der Waals surface area contributed by atoms with E-state index in [1.54, 1.807) is 30.3 Å². The smallest absolute Gasteiger partial charge is 0.325 e. The second kappa shape index (κ2) is 9.50. The van der Waals surface area contributed by atoms with E-state index in [1.807, 2.05) is 49.4 Å². The molecule has 0 saturated carbocycles. The van der Waals surface area contributed by atoms with E-state index < -0.39 is 18.5 Å². The van der Waals surface area contributed by atoms with Crippen molar-refractivity contribution in [3.05, 3.63) is 83.9 Å². The van der Waals surface area contributed by atoms with Gasteiger partial charge in [0.25, 0.3) is 11.8 Å². The molecule has 0 saturated heterocycles. The van der Waals surface area contributed by atoms with Crippen LogP contribution in [0.15, 0.2) is 72.8 Å². The normalized spacial score (nSPS) is 11.5. The Kier molecular flexibility index (Phi) is 6.58. The molecule has 0 aliphatic heterocycles. The molecule has 2 N–H and O–H groups in total. The fraction of sp³-hybridized carbons (Fsp3) is 0.174. The van der Waals surface area contributed by atoms with Crippen molar-refractivity contribution in [3.8, 4) is 0 Å². The molecule has 0 fully saturated rings. The first-order chi connectivity index (χ1) is 14.0. The minimum absolute atomic E-state index is 0.245. The molecule has 6 heteroatoms. The SMILES string of the molecule is C[C@H](NC(=O)COC(=O)CNC(=O)c1ccccc1)c1cccc2ccccc12.